The van der Waals surface area contributed by atoms with Crippen LogP contribution in [0.15, 0.2) is 42.5 Å². The molecule has 4 aliphatic heterocycles. The Morgan fingerprint density at radius 2 is 1.60 bits per heavy atom. The first-order valence-electron chi connectivity index (χ1n) is 32.9. The van der Waals surface area contributed by atoms with Crippen molar-refractivity contribution in [3.05, 3.63) is 81.4 Å². The van der Waals surface area contributed by atoms with Gasteiger partial charge in [0.2, 0.25) is 35.2 Å². The third kappa shape index (κ3) is 16.8. The van der Waals surface area contributed by atoms with Gasteiger partial charge in [-0.05, 0) is 68.5 Å². The van der Waals surface area contributed by atoms with Crippen LogP contribution < -0.4 is 31.7 Å². The van der Waals surface area contributed by atoms with Crippen molar-refractivity contribution in [1.29, 1.82) is 0 Å². The summed E-state index contributed by atoms with van der Waals surface area (Å²) in [4.78, 5) is 138. The second kappa shape index (κ2) is 32.8. The van der Waals surface area contributed by atoms with Gasteiger partial charge in [0.15, 0.2) is 31.2 Å². The number of likely N-dealkylation sites (N-methyl/N-ethyl adjacent to an activating group) is 2. The number of unbranched alkanes of at least 4 members (excludes halogenated alkanes) is 2. The maximum absolute atomic E-state index is 14.3. The van der Waals surface area contributed by atoms with Crippen LogP contribution in [0.1, 0.15) is 133 Å². The van der Waals surface area contributed by atoms with Crippen LogP contribution >= 0.6 is 11.8 Å². The Bertz CT molecular complexity index is 3490. The van der Waals surface area contributed by atoms with Crippen LogP contribution in [-0.2, 0) is 70.2 Å². The average molecular weight is 1390 g/mol. The molecule has 6 aliphatic rings. The number of carbonyl (C=O) groups is 10. The molecule has 9 N–H and O–H groups in total. The van der Waals surface area contributed by atoms with Gasteiger partial charge in [-0.1, -0.05) is 44.5 Å². The monoisotopic (exact) mass is 1390 g/mol. The number of primary amides is 1. The molecule has 8 amide bonds. The van der Waals surface area contributed by atoms with E-state index in [-0.39, 0.29) is 127 Å². The van der Waals surface area contributed by atoms with E-state index in [0.29, 0.717) is 63.1 Å². The van der Waals surface area contributed by atoms with Crippen LogP contribution in [0.5, 0.6) is 17.2 Å². The van der Waals surface area contributed by atoms with Gasteiger partial charge in [-0.15, -0.1) is 0 Å². The fraction of sp³-hybridized carbons (Fsp3) is 0.582. The Labute approximate surface area is 571 Å². The fourth-order valence-electron chi connectivity index (χ4n) is 13.2. The predicted molar refractivity (Wildman–Crippen MR) is 351 cm³/mol. The van der Waals surface area contributed by atoms with Crippen molar-refractivity contribution in [1.82, 2.24) is 35.6 Å². The number of Topliss-reactive ketones (excluding diaryl/α,β-unsaturated/α-hetero) is 1. The number of morpholine rings is 1. The molecule has 0 saturated carbocycles. The zero-order valence-electron chi connectivity index (χ0n) is 56.3. The van der Waals surface area contributed by atoms with E-state index < -0.39 is 126 Å². The predicted octanol–water partition coefficient (Wildman–Crippen LogP) is 3.59. The fourth-order valence-corrected chi connectivity index (χ4v) is 13.9. The molecule has 0 bridgehead atoms. The standard InChI is InChI=1S/C67H89N9O21S/c1-35(2)42(72-48(78)17-10-9-11-23-76-49(79)29-46(98-8)61(76)85)32-70-41(15-13-22-69-64(68)86)60(84)71-38-20-18-37(19-21-38)33-93-65(87)73(4)24-25-74(5)66(88)94-34-47(77)67(89)30-40-52(58(83)54-53(56(40)81)55(80)39-14-12-16-44(90-6)51(39)57(54)82)45(31-67)96-50-28-43-59(36(3)95-50)97-62-63(91-7)92-27-26-75(43)62/h12,14,16,18-21,35-36,41-43,45-46,50,59,62-63,70,81,83,89H,9-11,13,15,17,22-34H2,1-8H3,(H,71,84)(H,72,78)(H3,68,69,86)/t36-,41-,42+,43?,45-,46?,50-,59+,62+,63-,67-/m0/s1. The number of nitrogens with zero attached hydrogens (tertiary/aromatic N) is 4. The van der Waals surface area contributed by atoms with Gasteiger partial charge >= 0.3 is 18.2 Å². The van der Waals surface area contributed by atoms with Gasteiger partial charge in [0.05, 0.1) is 53.9 Å². The molecule has 31 heteroatoms. The number of methoxy groups -OCH3 is 2. The highest BCUT2D eigenvalue weighted by atomic mass is 32.2. The number of nitrogens with two attached hydrogens (primary N) is 1. The van der Waals surface area contributed by atoms with Crippen LogP contribution in [0.2, 0.25) is 0 Å². The number of aromatic hydroxyl groups is 2. The smallest absolute Gasteiger partial charge is 0.409 e. The molecule has 2 unspecified atom stereocenters. The molecule has 98 heavy (non-hydrogen) atoms. The van der Waals surface area contributed by atoms with Gasteiger partial charge in [0.1, 0.15) is 35.6 Å². The number of rotatable bonds is 30. The summed E-state index contributed by atoms with van der Waals surface area (Å²) < 4.78 is 47.0. The van der Waals surface area contributed by atoms with E-state index in [1.165, 1.54) is 68.1 Å². The van der Waals surface area contributed by atoms with E-state index in [1.807, 2.05) is 13.8 Å². The highest BCUT2D eigenvalue weighted by molar-refractivity contribution is 8.00. The van der Waals surface area contributed by atoms with Crippen molar-refractivity contribution < 1.29 is 101 Å². The van der Waals surface area contributed by atoms with Crippen LogP contribution in [-0.4, -0.2) is 241 Å². The number of aliphatic hydroxyl groups is 1. The molecule has 9 rings (SSSR count). The number of likely N-dealkylation sites (tertiary alicyclic amines) is 1. The topological polar surface area (TPSA) is 392 Å². The molecule has 0 aromatic heterocycles. The average Bonchev–Trinajstić information content (AvgIpc) is 0.933. The Hall–Kier alpha value is -8.01. The molecule has 4 heterocycles. The van der Waals surface area contributed by atoms with Crippen LogP contribution in [0.25, 0.3) is 0 Å². The number of hydrogen-bond donors (Lipinski definition) is 8. The maximum Gasteiger partial charge on any atom is 0.409 e. The zero-order valence-corrected chi connectivity index (χ0v) is 57.1. The Morgan fingerprint density at radius 3 is 2.28 bits per heavy atom. The molecule has 0 radical (unpaired) electrons. The molecule has 4 saturated heterocycles. The molecule has 11 atom stereocenters. The van der Waals surface area contributed by atoms with Crippen molar-refractivity contribution in [2.45, 2.75) is 158 Å². The highest BCUT2D eigenvalue weighted by Gasteiger charge is 2.56. The highest BCUT2D eigenvalue weighted by Crippen LogP contribution is 2.53. The summed E-state index contributed by atoms with van der Waals surface area (Å²) in [6, 6.07) is 8.82. The molecule has 3 aromatic rings. The second-order valence-corrected chi connectivity index (χ2v) is 26.7. The van der Waals surface area contributed by atoms with E-state index in [1.54, 1.807) is 37.4 Å². The maximum atomic E-state index is 14.3. The molecule has 30 nitrogen and oxygen atoms in total. The summed E-state index contributed by atoms with van der Waals surface area (Å²) in [6.07, 6.45) is -2.93. The summed E-state index contributed by atoms with van der Waals surface area (Å²) in [5.41, 5.74) is 2.05. The second-order valence-electron chi connectivity index (χ2n) is 25.7. The number of amides is 8. The number of imide groups is 1. The lowest BCUT2D eigenvalue weighted by atomic mass is 9.72. The number of ketones is 3. The largest absolute Gasteiger partial charge is 0.507 e. The third-order valence-corrected chi connectivity index (χ3v) is 19.7. The lowest BCUT2D eigenvalue weighted by Gasteiger charge is -2.43. The van der Waals surface area contributed by atoms with Crippen molar-refractivity contribution in [2.24, 2.45) is 11.7 Å². The first-order chi connectivity index (χ1) is 46.8. The van der Waals surface area contributed by atoms with Gasteiger partial charge in [-0.3, -0.25) is 43.4 Å². The first-order valence-corrected chi connectivity index (χ1v) is 34.1. The van der Waals surface area contributed by atoms with Gasteiger partial charge < -0.3 is 90.0 Å². The zero-order chi connectivity index (χ0) is 70.9. The first kappa shape index (κ1) is 74.2. The number of phenolic OH excluding ortho intramolecular Hbond substituents is 2. The summed E-state index contributed by atoms with van der Waals surface area (Å²) in [5, 5.41) is 48.2. The summed E-state index contributed by atoms with van der Waals surface area (Å²) in [5.74, 6) is -5.02. The minimum Gasteiger partial charge on any atom is -0.507 e. The molecule has 2 aliphatic carbocycles. The SMILES string of the molecule is COc1cccc2c1C(=O)c1c(O)c3c(c(O)c1C2=O)C[C@@](O)(C(=O)COC(=O)N(C)CCN(C)C(=O)OCc1ccc(NC(=O)[C@H](CCCNC(N)=O)NC[C@@H](NC(=O)CCCCCN2C(=O)CC(SC)C2=O)C(C)C)cc1)C[C@@H]3O[C@H]1CC2[C@H](O[C@@H]3[C@@H](OC)OCCN23)[C@H](C)O1. The lowest BCUT2D eigenvalue weighted by molar-refractivity contribution is -0.256. The van der Waals surface area contributed by atoms with Gasteiger partial charge in [0, 0.05) is 127 Å². The Kier molecular flexibility index (Phi) is 24.8. The van der Waals surface area contributed by atoms with E-state index >= 15 is 0 Å². The number of carbonyl (C=O) groups excluding carboxylic acids is 10. The number of hydrogen-bond acceptors (Lipinski definition) is 24. The minimum atomic E-state index is -2.48. The number of thioether (sulfide) groups is 1. The molecule has 4 fully saturated rings. The van der Waals surface area contributed by atoms with E-state index in [4.69, 9.17) is 43.6 Å². The van der Waals surface area contributed by atoms with Crippen LogP contribution in [0.3, 0.4) is 0 Å². The van der Waals surface area contributed by atoms with Gasteiger partial charge in [-0.25, -0.2) is 14.4 Å². The molecular weight excluding hydrogens is 1300 g/mol. The van der Waals surface area contributed by atoms with Gasteiger partial charge in [0.25, 0.3) is 0 Å². The van der Waals surface area contributed by atoms with Crippen molar-refractivity contribution in [3.8, 4) is 17.2 Å². The third-order valence-electron chi connectivity index (χ3n) is 18.8. The summed E-state index contributed by atoms with van der Waals surface area (Å²) in [6.45, 7) is 6.00. The number of benzene rings is 3. The number of urea groups is 1. The van der Waals surface area contributed by atoms with E-state index in [9.17, 15) is 63.3 Å². The molecule has 3 aromatic carbocycles. The minimum absolute atomic E-state index is 0.0122. The van der Waals surface area contributed by atoms with Gasteiger partial charge in [-0.2, -0.15) is 11.8 Å². The Balaban J connectivity index is 0.763. The molecule has 534 valence electrons. The number of fused-ring (bicyclic) bond motifs is 6. The normalized spacial score (nSPS) is 23.9. The summed E-state index contributed by atoms with van der Waals surface area (Å²) >= 11 is 1.37. The molecular formula is C67H89N9O21S. The van der Waals surface area contributed by atoms with Crippen LogP contribution in [0.4, 0.5) is 20.1 Å². The molecule has 0 spiro atoms. The van der Waals surface area contributed by atoms with E-state index in [2.05, 4.69) is 26.2 Å². The Morgan fingerprint density at radius 1 is 0.888 bits per heavy atom. The van der Waals surface area contributed by atoms with Crippen molar-refractivity contribution in [2.75, 3.05) is 92.4 Å². The quantitative estimate of drug-likeness (QED) is 0.0210. The summed E-state index contributed by atoms with van der Waals surface area (Å²) in [7, 11) is 5.63. The number of anilines is 1. The van der Waals surface area contributed by atoms with E-state index in [0.717, 1.165) is 4.90 Å². The number of ether oxygens (including phenoxy) is 8. The number of nitrogens with one attached hydrogen (secondary N) is 4. The number of phenols is 2. The lowest BCUT2D eigenvalue weighted by Crippen LogP contribution is -2.55. The van der Waals surface area contributed by atoms with Crippen molar-refractivity contribution in [3.63, 3.8) is 0 Å². The van der Waals surface area contributed by atoms with Crippen molar-refractivity contribution >= 4 is 76.6 Å². The van der Waals surface area contributed by atoms with Crippen LogP contribution in [0, 0.1) is 5.92 Å².